The van der Waals surface area contributed by atoms with Gasteiger partial charge in [0.1, 0.15) is 0 Å². The Bertz CT molecular complexity index is 157. The van der Waals surface area contributed by atoms with Crippen molar-refractivity contribution in [1.29, 1.82) is 0 Å². The molecule has 84 valence electrons. The second kappa shape index (κ2) is 7.80. The quantitative estimate of drug-likeness (QED) is 0.657. The number of hydrogen-bond acceptors (Lipinski definition) is 2. The van der Waals surface area contributed by atoms with Crippen LogP contribution in [0.25, 0.3) is 0 Å². The molecule has 3 nitrogen and oxygen atoms in total. The van der Waals surface area contributed by atoms with E-state index < -0.39 is 0 Å². The van der Waals surface area contributed by atoms with Crippen molar-refractivity contribution in [2.45, 2.75) is 52.5 Å². The van der Waals surface area contributed by atoms with Crippen molar-refractivity contribution < 1.29 is 4.79 Å². The van der Waals surface area contributed by atoms with E-state index in [4.69, 9.17) is 5.73 Å². The maximum atomic E-state index is 11.2. The molecule has 3 N–H and O–H groups in total. The van der Waals surface area contributed by atoms with Crippen molar-refractivity contribution >= 4 is 5.91 Å². The summed E-state index contributed by atoms with van der Waals surface area (Å²) in [7, 11) is 0. The molecule has 3 heteroatoms. The minimum absolute atomic E-state index is 0.142. The third-order valence-corrected chi connectivity index (χ3v) is 2.09. The van der Waals surface area contributed by atoms with Crippen molar-refractivity contribution in [2.75, 3.05) is 6.54 Å². The third-order valence-electron chi connectivity index (χ3n) is 2.09. The highest BCUT2D eigenvalue weighted by atomic mass is 16.1. The molecule has 0 fully saturated rings. The van der Waals surface area contributed by atoms with Crippen LogP contribution in [0.3, 0.4) is 0 Å². The molecule has 0 saturated heterocycles. The molecule has 0 aliphatic heterocycles. The monoisotopic (exact) mass is 200 g/mol. The fraction of sp³-hybridized carbons (Fsp3) is 0.909. The zero-order chi connectivity index (χ0) is 11.0. The molecule has 1 atom stereocenters. The fourth-order valence-corrected chi connectivity index (χ4v) is 1.36. The van der Waals surface area contributed by atoms with Gasteiger partial charge in [0.25, 0.3) is 0 Å². The summed E-state index contributed by atoms with van der Waals surface area (Å²) in [5.41, 5.74) is 5.82. The van der Waals surface area contributed by atoms with Crippen molar-refractivity contribution in [1.82, 2.24) is 5.32 Å². The van der Waals surface area contributed by atoms with Crippen LogP contribution in [0.5, 0.6) is 0 Å². The first-order valence-corrected chi connectivity index (χ1v) is 5.58. The van der Waals surface area contributed by atoms with Crippen LogP contribution in [0.1, 0.15) is 46.5 Å². The molecule has 0 saturated carbocycles. The molecular formula is C11H24N2O. The Balaban J connectivity index is 3.39. The zero-order valence-corrected chi connectivity index (χ0v) is 9.68. The molecule has 0 bridgehead atoms. The average molecular weight is 200 g/mol. The van der Waals surface area contributed by atoms with Gasteiger partial charge >= 0.3 is 0 Å². The third kappa shape index (κ3) is 8.05. The molecule has 0 aromatic heterocycles. The van der Waals surface area contributed by atoms with Gasteiger partial charge in [-0.25, -0.2) is 0 Å². The summed E-state index contributed by atoms with van der Waals surface area (Å²) >= 11 is 0. The minimum Gasteiger partial charge on any atom is -0.356 e. The number of carbonyl (C=O) groups excluding carboxylic acids is 1. The summed E-state index contributed by atoms with van der Waals surface area (Å²) in [5.74, 6) is 0.572. The predicted molar refractivity (Wildman–Crippen MR) is 60.0 cm³/mol. The summed E-state index contributed by atoms with van der Waals surface area (Å²) in [6.45, 7) is 6.93. The molecule has 1 unspecified atom stereocenters. The molecule has 0 radical (unpaired) electrons. The lowest BCUT2D eigenvalue weighted by atomic mass is 10.1. The lowest BCUT2D eigenvalue weighted by Gasteiger charge is -2.11. The summed E-state index contributed by atoms with van der Waals surface area (Å²) in [6.07, 6.45) is 3.65. The van der Waals surface area contributed by atoms with Crippen LogP contribution in [0.4, 0.5) is 0 Å². The molecule has 1 amide bonds. The van der Waals surface area contributed by atoms with E-state index in [1.54, 1.807) is 0 Å². The fourth-order valence-electron chi connectivity index (χ4n) is 1.36. The Labute approximate surface area is 87.4 Å². The molecule has 0 aromatic rings. The first kappa shape index (κ1) is 13.4. The second-order valence-electron chi connectivity index (χ2n) is 4.29. The predicted octanol–water partition coefficient (Wildman–Crippen LogP) is 1.67. The van der Waals surface area contributed by atoms with E-state index in [0.29, 0.717) is 18.9 Å². The average Bonchev–Trinajstić information content (AvgIpc) is 2.02. The van der Waals surface area contributed by atoms with Crippen LogP contribution in [0.15, 0.2) is 0 Å². The Morgan fingerprint density at radius 3 is 2.50 bits per heavy atom. The summed E-state index contributed by atoms with van der Waals surface area (Å²) in [4.78, 5) is 11.2. The Morgan fingerprint density at radius 1 is 1.36 bits per heavy atom. The van der Waals surface area contributed by atoms with Crippen LogP contribution >= 0.6 is 0 Å². The molecule has 0 rings (SSSR count). The number of carbonyl (C=O) groups is 1. The smallest absolute Gasteiger partial charge is 0.220 e. The zero-order valence-electron chi connectivity index (χ0n) is 9.68. The van der Waals surface area contributed by atoms with Gasteiger partial charge in [-0.15, -0.1) is 0 Å². The van der Waals surface area contributed by atoms with E-state index in [-0.39, 0.29) is 11.9 Å². The van der Waals surface area contributed by atoms with Gasteiger partial charge in [0.2, 0.25) is 5.91 Å². The largest absolute Gasteiger partial charge is 0.356 e. The standard InChI is InChI=1S/C11H24N2O/c1-4-5-10(12)6-7-13-11(14)8-9(2)3/h9-10H,4-8,12H2,1-3H3,(H,13,14). The van der Waals surface area contributed by atoms with Crippen LogP contribution < -0.4 is 11.1 Å². The molecule has 14 heavy (non-hydrogen) atoms. The number of nitrogens with two attached hydrogens (primary N) is 1. The number of hydrogen-bond donors (Lipinski definition) is 2. The molecule has 0 aliphatic carbocycles. The van der Waals surface area contributed by atoms with Gasteiger partial charge in [-0.3, -0.25) is 4.79 Å². The SMILES string of the molecule is CCCC(N)CCNC(=O)CC(C)C. The van der Waals surface area contributed by atoms with Crippen LogP contribution in [0.2, 0.25) is 0 Å². The minimum atomic E-state index is 0.142. The lowest BCUT2D eigenvalue weighted by Crippen LogP contribution is -2.30. The van der Waals surface area contributed by atoms with Crippen LogP contribution in [0, 0.1) is 5.92 Å². The van der Waals surface area contributed by atoms with E-state index in [2.05, 4.69) is 12.2 Å². The first-order valence-electron chi connectivity index (χ1n) is 5.58. The van der Waals surface area contributed by atoms with E-state index in [1.807, 2.05) is 13.8 Å². The van der Waals surface area contributed by atoms with E-state index in [1.165, 1.54) is 0 Å². The molecule has 0 aliphatic rings. The van der Waals surface area contributed by atoms with E-state index in [0.717, 1.165) is 19.3 Å². The van der Waals surface area contributed by atoms with Crippen molar-refractivity contribution in [3.05, 3.63) is 0 Å². The van der Waals surface area contributed by atoms with Crippen molar-refractivity contribution in [2.24, 2.45) is 11.7 Å². The van der Waals surface area contributed by atoms with Gasteiger partial charge in [0.15, 0.2) is 0 Å². The highest BCUT2D eigenvalue weighted by Gasteiger charge is 2.05. The highest BCUT2D eigenvalue weighted by molar-refractivity contribution is 5.75. The maximum Gasteiger partial charge on any atom is 0.220 e. The maximum absolute atomic E-state index is 11.2. The molecule has 0 spiro atoms. The number of amides is 1. The Hall–Kier alpha value is -0.570. The summed E-state index contributed by atoms with van der Waals surface area (Å²) in [5, 5.41) is 2.88. The van der Waals surface area contributed by atoms with E-state index in [9.17, 15) is 4.79 Å². The Kier molecular flexibility index (Phi) is 7.48. The topological polar surface area (TPSA) is 55.1 Å². The van der Waals surface area contributed by atoms with Crippen molar-refractivity contribution in [3.63, 3.8) is 0 Å². The molecule has 0 heterocycles. The van der Waals surface area contributed by atoms with Gasteiger partial charge in [-0.2, -0.15) is 0 Å². The highest BCUT2D eigenvalue weighted by Crippen LogP contribution is 1.99. The summed E-state index contributed by atoms with van der Waals surface area (Å²) < 4.78 is 0. The van der Waals surface area contributed by atoms with Gasteiger partial charge in [0.05, 0.1) is 0 Å². The van der Waals surface area contributed by atoms with E-state index >= 15 is 0 Å². The van der Waals surface area contributed by atoms with Gasteiger partial charge < -0.3 is 11.1 Å². The number of nitrogens with one attached hydrogen (secondary N) is 1. The normalized spacial score (nSPS) is 12.9. The lowest BCUT2D eigenvalue weighted by molar-refractivity contribution is -0.121. The molecule has 0 aromatic carbocycles. The second-order valence-corrected chi connectivity index (χ2v) is 4.29. The molecular weight excluding hydrogens is 176 g/mol. The van der Waals surface area contributed by atoms with Crippen LogP contribution in [-0.4, -0.2) is 18.5 Å². The Morgan fingerprint density at radius 2 is 2.00 bits per heavy atom. The van der Waals surface area contributed by atoms with Crippen molar-refractivity contribution in [3.8, 4) is 0 Å². The number of rotatable bonds is 7. The van der Waals surface area contributed by atoms with Gasteiger partial charge in [-0.05, 0) is 18.8 Å². The summed E-state index contributed by atoms with van der Waals surface area (Å²) in [6, 6.07) is 0.236. The van der Waals surface area contributed by atoms with Crippen LogP contribution in [-0.2, 0) is 4.79 Å². The first-order chi connectivity index (χ1) is 6.56. The van der Waals surface area contributed by atoms with Gasteiger partial charge in [0, 0.05) is 19.0 Å². The van der Waals surface area contributed by atoms with Gasteiger partial charge in [-0.1, -0.05) is 27.2 Å².